The predicted octanol–water partition coefficient (Wildman–Crippen LogP) is 2.74. The first-order chi connectivity index (χ1) is 11.9. The Balaban J connectivity index is 2.10. The van der Waals surface area contributed by atoms with Crippen molar-refractivity contribution in [3.63, 3.8) is 0 Å². The van der Waals surface area contributed by atoms with Crippen LogP contribution in [0.2, 0.25) is 0 Å². The third-order valence-electron chi connectivity index (χ3n) is 3.31. The van der Waals surface area contributed by atoms with E-state index in [0.717, 1.165) is 0 Å². The third kappa shape index (κ3) is 5.03. The number of nitrogens with one attached hydrogen (secondary N) is 2. The fourth-order valence-corrected chi connectivity index (χ4v) is 2.20. The molecule has 25 heavy (non-hydrogen) atoms. The number of ether oxygens (including phenoxy) is 1. The molecule has 0 unspecified atom stereocenters. The summed E-state index contributed by atoms with van der Waals surface area (Å²) in [5.41, 5.74) is 1.55. The van der Waals surface area contributed by atoms with Crippen LogP contribution in [-0.2, 0) is 16.0 Å². The molecule has 0 atom stereocenters. The van der Waals surface area contributed by atoms with Gasteiger partial charge < -0.3 is 15.4 Å². The molecule has 0 aliphatic carbocycles. The molecule has 8 nitrogen and oxygen atoms in total. The lowest BCUT2D eigenvalue weighted by Gasteiger charge is -2.12. The van der Waals surface area contributed by atoms with Gasteiger partial charge in [0.15, 0.2) is 0 Å². The molecule has 2 aromatic carbocycles. The molecule has 0 saturated heterocycles. The zero-order chi connectivity index (χ0) is 18.4. The summed E-state index contributed by atoms with van der Waals surface area (Å²) in [6, 6.07) is 10.6. The van der Waals surface area contributed by atoms with Crippen LogP contribution in [0.5, 0.6) is 5.75 Å². The lowest BCUT2D eigenvalue weighted by atomic mass is 10.1. The average Bonchev–Trinajstić information content (AvgIpc) is 2.55. The van der Waals surface area contributed by atoms with Crippen LogP contribution in [0.4, 0.5) is 17.1 Å². The summed E-state index contributed by atoms with van der Waals surface area (Å²) in [5, 5.41) is 16.0. The van der Waals surface area contributed by atoms with Gasteiger partial charge in [-0.1, -0.05) is 12.1 Å². The van der Waals surface area contributed by atoms with Gasteiger partial charge in [0.2, 0.25) is 11.8 Å². The van der Waals surface area contributed by atoms with Crippen molar-refractivity contribution in [2.75, 3.05) is 17.7 Å². The molecule has 0 aliphatic heterocycles. The normalized spacial score (nSPS) is 10.0. The van der Waals surface area contributed by atoms with Gasteiger partial charge in [-0.15, -0.1) is 0 Å². The Morgan fingerprint density at radius 1 is 1.12 bits per heavy atom. The van der Waals surface area contributed by atoms with Crippen molar-refractivity contribution in [3.8, 4) is 5.75 Å². The summed E-state index contributed by atoms with van der Waals surface area (Å²) in [5.74, 6) is -0.0911. The van der Waals surface area contributed by atoms with E-state index in [0.29, 0.717) is 22.7 Å². The molecule has 2 N–H and O–H groups in total. The number of anilines is 2. The van der Waals surface area contributed by atoms with Crippen molar-refractivity contribution in [2.24, 2.45) is 0 Å². The first-order valence-corrected chi connectivity index (χ1v) is 7.38. The number of carbonyl (C=O) groups is 2. The molecule has 0 bridgehead atoms. The molecule has 0 spiro atoms. The van der Waals surface area contributed by atoms with Crippen LogP contribution in [0.3, 0.4) is 0 Å². The van der Waals surface area contributed by atoms with Gasteiger partial charge in [0.1, 0.15) is 5.75 Å². The lowest BCUT2D eigenvalue weighted by molar-refractivity contribution is -0.384. The number of rotatable bonds is 6. The quantitative estimate of drug-likeness (QED) is 0.619. The Kier molecular flexibility index (Phi) is 5.67. The van der Waals surface area contributed by atoms with Crippen LogP contribution in [0, 0.1) is 10.1 Å². The minimum Gasteiger partial charge on any atom is -0.495 e. The monoisotopic (exact) mass is 343 g/mol. The number of non-ortho nitro benzene ring substituents is 1. The summed E-state index contributed by atoms with van der Waals surface area (Å²) < 4.78 is 5.20. The number of methoxy groups -OCH3 is 1. The maximum absolute atomic E-state index is 12.2. The van der Waals surface area contributed by atoms with E-state index in [1.165, 1.54) is 38.3 Å². The van der Waals surface area contributed by atoms with E-state index < -0.39 is 4.92 Å². The topological polar surface area (TPSA) is 111 Å². The molecule has 2 aromatic rings. The second-order valence-corrected chi connectivity index (χ2v) is 5.24. The molecule has 0 fully saturated rings. The van der Waals surface area contributed by atoms with Crippen LogP contribution >= 0.6 is 0 Å². The molecule has 0 heterocycles. The summed E-state index contributed by atoms with van der Waals surface area (Å²) in [4.78, 5) is 33.5. The standard InChI is InChI=1S/C17H17N3O5/c1-11(21)18-13-5-8-16(25-2)15(10-13)19-17(22)9-12-3-6-14(7-4-12)20(23)24/h3-8,10H,9H2,1-2H3,(H,18,21)(H,19,22). The minimum atomic E-state index is -0.498. The minimum absolute atomic E-state index is 0.0335. The van der Waals surface area contributed by atoms with Gasteiger partial charge in [0, 0.05) is 24.7 Å². The molecule has 8 heteroatoms. The first-order valence-electron chi connectivity index (χ1n) is 7.38. The molecular formula is C17H17N3O5. The predicted molar refractivity (Wildman–Crippen MR) is 92.7 cm³/mol. The largest absolute Gasteiger partial charge is 0.495 e. The second-order valence-electron chi connectivity index (χ2n) is 5.24. The van der Waals surface area contributed by atoms with Gasteiger partial charge in [-0.25, -0.2) is 0 Å². The van der Waals surface area contributed by atoms with Gasteiger partial charge >= 0.3 is 0 Å². The fraction of sp³-hybridized carbons (Fsp3) is 0.176. The van der Waals surface area contributed by atoms with Crippen molar-refractivity contribution in [3.05, 3.63) is 58.1 Å². The van der Waals surface area contributed by atoms with Crippen LogP contribution in [0.15, 0.2) is 42.5 Å². The van der Waals surface area contributed by atoms with Crippen LogP contribution in [0.25, 0.3) is 0 Å². The van der Waals surface area contributed by atoms with E-state index in [2.05, 4.69) is 10.6 Å². The van der Waals surface area contributed by atoms with E-state index in [1.807, 2.05) is 0 Å². The van der Waals surface area contributed by atoms with Gasteiger partial charge in [0.25, 0.3) is 5.69 Å². The lowest BCUT2D eigenvalue weighted by Crippen LogP contribution is -2.15. The highest BCUT2D eigenvalue weighted by molar-refractivity contribution is 5.95. The number of nitrogens with zero attached hydrogens (tertiary/aromatic N) is 1. The summed E-state index contributed by atoms with van der Waals surface area (Å²) in [6.07, 6.45) is 0.0471. The molecular weight excluding hydrogens is 326 g/mol. The van der Waals surface area contributed by atoms with E-state index in [4.69, 9.17) is 4.74 Å². The van der Waals surface area contributed by atoms with Gasteiger partial charge in [0.05, 0.1) is 24.1 Å². The number of benzene rings is 2. The van der Waals surface area contributed by atoms with Crippen molar-refractivity contribution >= 4 is 28.9 Å². The highest BCUT2D eigenvalue weighted by atomic mass is 16.6. The zero-order valence-corrected chi connectivity index (χ0v) is 13.7. The fourth-order valence-electron chi connectivity index (χ4n) is 2.20. The van der Waals surface area contributed by atoms with Crippen LogP contribution in [0.1, 0.15) is 12.5 Å². The number of amides is 2. The highest BCUT2D eigenvalue weighted by Crippen LogP contribution is 2.28. The van der Waals surface area contributed by atoms with E-state index in [-0.39, 0.29) is 23.9 Å². The second kappa shape index (κ2) is 7.91. The SMILES string of the molecule is COc1ccc(NC(C)=O)cc1NC(=O)Cc1ccc([N+](=O)[O-])cc1. The number of hydrogen-bond donors (Lipinski definition) is 2. The van der Waals surface area contributed by atoms with Crippen LogP contribution < -0.4 is 15.4 Å². The maximum atomic E-state index is 12.2. The Bertz CT molecular complexity index is 802. The Morgan fingerprint density at radius 2 is 1.80 bits per heavy atom. The molecule has 0 aliphatic rings. The number of carbonyl (C=O) groups excluding carboxylic acids is 2. The average molecular weight is 343 g/mol. The maximum Gasteiger partial charge on any atom is 0.269 e. The van der Waals surface area contributed by atoms with Gasteiger partial charge in [-0.05, 0) is 23.8 Å². The molecule has 0 radical (unpaired) electrons. The molecule has 0 aromatic heterocycles. The molecule has 2 amide bonds. The van der Waals surface area contributed by atoms with E-state index in [9.17, 15) is 19.7 Å². The third-order valence-corrected chi connectivity index (χ3v) is 3.31. The highest BCUT2D eigenvalue weighted by Gasteiger charge is 2.11. The Labute approximate surface area is 144 Å². The summed E-state index contributed by atoms with van der Waals surface area (Å²) in [6.45, 7) is 1.39. The zero-order valence-electron chi connectivity index (χ0n) is 13.7. The summed E-state index contributed by atoms with van der Waals surface area (Å²) >= 11 is 0. The smallest absolute Gasteiger partial charge is 0.269 e. The first kappa shape index (κ1) is 17.9. The Hall–Kier alpha value is -3.42. The number of hydrogen-bond acceptors (Lipinski definition) is 5. The number of nitro groups is 1. The van der Waals surface area contributed by atoms with Crippen molar-refractivity contribution in [2.45, 2.75) is 13.3 Å². The van der Waals surface area contributed by atoms with E-state index >= 15 is 0 Å². The van der Waals surface area contributed by atoms with Crippen molar-refractivity contribution in [1.82, 2.24) is 0 Å². The van der Waals surface area contributed by atoms with Crippen molar-refractivity contribution in [1.29, 1.82) is 0 Å². The molecule has 2 rings (SSSR count). The molecule has 130 valence electrons. The number of nitro benzene ring substituents is 1. The van der Waals surface area contributed by atoms with E-state index in [1.54, 1.807) is 18.2 Å². The Morgan fingerprint density at radius 3 is 2.36 bits per heavy atom. The van der Waals surface area contributed by atoms with Gasteiger partial charge in [-0.3, -0.25) is 19.7 Å². The van der Waals surface area contributed by atoms with Crippen LogP contribution in [-0.4, -0.2) is 23.8 Å². The van der Waals surface area contributed by atoms with Crippen molar-refractivity contribution < 1.29 is 19.2 Å². The molecule has 0 saturated carbocycles. The van der Waals surface area contributed by atoms with Gasteiger partial charge in [-0.2, -0.15) is 0 Å². The summed E-state index contributed by atoms with van der Waals surface area (Å²) in [7, 11) is 1.47.